The topological polar surface area (TPSA) is 130 Å². The molecule has 1 aromatic carbocycles. The predicted molar refractivity (Wildman–Crippen MR) is 125 cm³/mol. The van der Waals surface area contributed by atoms with E-state index in [-0.39, 0.29) is 41.9 Å². The second kappa shape index (κ2) is 9.96. The number of likely N-dealkylation sites (tertiary alicyclic amines) is 1. The number of nitrogens with two attached hydrogens (primary N) is 2. The van der Waals surface area contributed by atoms with Gasteiger partial charge in [-0.3, -0.25) is 9.59 Å². The minimum absolute atomic E-state index is 0.0466. The van der Waals surface area contributed by atoms with Crippen molar-refractivity contribution in [1.82, 2.24) is 14.9 Å². The molecule has 3 heterocycles. The zero-order valence-corrected chi connectivity index (χ0v) is 19.7. The van der Waals surface area contributed by atoms with Gasteiger partial charge in [0.2, 0.25) is 17.6 Å². The largest absolute Gasteiger partial charge is 0.416 e. The second-order valence-corrected chi connectivity index (χ2v) is 9.24. The zero-order chi connectivity index (χ0) is 26.2. The van der Waals surface area contributed by atoms with Crippen LogP contribution in [0.1, 0.15) is 24.8 Å². The molecule has 2 aliphatic rings. The van der Waals surface area contributed by atoms with Crippen LogP contribution in [-0.2, 0) is 15.8 Å². The molecule has 2 aliphatic heterocycles. The number of benzene rings is 1. The van der Waals surface area contributed by atoms with E-state index in [9.17, 15) is 27.2 Å². The quantitative estimate of drug-likeness (QED) is 0.508. The molecule has 1 unspecified atom stereocenters. The van der Waals surface area contributed by atoms with Crippen molar-refractivity contribution in [3.05, 3.63) is 40.9 Å². The summed E-state index contributed by atoms with van der Waals surface area (Å²) < 4.78 is 54.2. The number of primary amides is 1. The van der Waals surface area contributed by atoms with E-state index in [1.54, 1.807) is 4.90 Å². The van der Waals surface area contributed by atoms with Gasteiger partial charge >= 0.3 is 6.18 Å². The number of amides is 2. The number of hydrogen-bond donors (Lipinski definition) is 3. The number of carbonyl (C=O) groups is 2. The average molecular weight is 530 g/mol. The van der Waals surface area contributed by atoms with Crippen molar-refractivity contribution < 1.29 is 27.2 Å². The highest BCUT2D eigenvalue weighted by Gasteiger charge is 2.43. The maximum Gasteiger partial charge on any atom is 0.416 e. The molecule has 4 rings (SSSR count). The number of piperidine rings is 2. The van der Waals surface area contributed by atoms with Crippen LogP contribution >= 0.6 is 11.6 Å². The molecule has 2 aromatic rings. The van der Waals surface area contributed by atoms with Gasteiger partial charge in [-0.25, -0.2) is 9.97 Å². The number of carbonyl (C=O) groups excluding carboxylic acids is 2. The van der Waals surface area contributed by atoms with E-state index in [4.69, 9.17) is 23.1 Å². The molecule has 0 spiro atoms. The van der Waals surface area contributed by atoms with Gasteiger partial charge in [-0.2, -0.15) is 17.6 Å². The Morgan fingerprint density at radius 3 is 2.61 bits per heavy atom. The van der Waals surface area contributed by atoms with Crippen molar-refractivity contribution in [2.24, 2.45) is 11.7 Å². The maximum atomic E-state index is 14.6. The van der Waals surface area contributed by atoms with Crippen molar-refractivity contribution in [1.29, 1.82) is 0 Å². The van der Waals surface area contributed by atoms with Crippen LogP contribution in [0.15, 0.2) is 24.5 Å². The first-order valence-electron chi connectivity index (χ1n) is 11.2. The molecule has 2 fully saturated rings. The van der Waals surface area contributed by atoms with Crippen molar-refractivity contribution in [3.63, 3.8) is 0 Å². The fourth-order valence-corrected chi connectivity index (χ4v) is 5.00. The summed E-state index contributed by atoms with van der Waals surface area (Å²) in [5.74, 6) is -2.89. The Hall–Kier alpha value is -3.35. The number of halogens is 5. The summed E-state index contributed by atoms with van der Waals surface area (Å²) in [5, 5.41) is 2.72. The number of anilines is 3. The molecule has 14 heteroatoms. The van der Waals surface area contributed by atoms with Crippen molar-refractivity contribution in [2.45, 2.75) is 37.5 Å². The number of nitrogens with one attached hydrogen (secondary N) is 1. The summed E-state index contributed by atoms with van der Waals surface area (Å²) in [4.78, 5) is 36.3. The lowest BCUT2D eigenvalue weighted by Gasteiger charge is -2.46. The fourth-order valence-electron chi connectivity index (χ4n) is 4.77. The Bertz CT molecular complexity index is 1170. The first kappa shape index (κ1) is 25.7. The van der Waals surface area contributed by atoms with Crippen molar-refractivity contribution >= 4 is 40.7 Å². The van der Waals surface area contributed by atoms with Gasteiger partial charge in [0.15, 0.2) is 11.6 Å². The number of hydrogen-bond acceptors (Lipinski definition) is 7. The normalized spacial score (nSPS) is 23.0. The van der Waals surface area contributed by atoms with Crippen LogP contribution in [0, 0.1) is 11.7 Å². The highest BCUT2D eigenvalue weighted by molar-refractivity contribution is 6.31. The molecule has 1 aromatic heterocycles. The van der Waals surface area contributed by atoms with E-state index < -0.39 is 47.4 Å². The van der Waals surface area contributed by atoms with Gasteiger partial charge in [0, 0.05) is 30.3 Å². The van der Waals surface area contributed by atoms with Gasteiger partial charge in [-0.1, -0.05) is 11.6 Å². The SMILES string of the molecule is NC(=O)[C@H]1CCN(c2ncnc(N)c2F)CC1N1CCC[C@@H](Nc2cc(Cl)cc(C(F)(F)F)c2)C1=O. The number of alkyl halides is 3. The first-order valence-corrected chi connectivity index (χ1v) is 11.6. The average Bonchev–Trinajstić information content (AvgIpc) is 2.81. The van der Waals surface area contributed by atoms with Gasteiger partial charge in [0.1, 0.15) is 12.4 Å². The molecule has 5 N–H and O–H groups in total. The third-order valence-electron chi connectivity index (χ3n) is 6.48. The van der Waals surface area contributed by atoms with Gasteiger partial charge < -0.3 is 26.6 Å². The van der Waals surface area contributed by atoms with Gasteiger partial charge in [0.05, 0.1) is 17.5 Å². The first-order chi connectivity index (χ1) is 17.0. The minimum Gasteiger partial charge on any atom is -0.381 e. The third kappa shape index (κ3) is 5.25. The molecule has 2 amide bonds. The lowest BCUT2D eigenvalue weighted by atomic mass is 9.87. The van der Waals surface area contributed by atoms with Crippen LogP contribution < -0.4 is 21.7 Å². The Labute approximate surface area is 208 Å². The zero-order valence-electron chi connectivity index (χ0n) is 18.9. The van der Waals surface area contributed by atoms with Crippen LogP contribution in [0.2, 0.25) is 5.02 Å². The van der Waals surface area contributed by atoms with Gasteiger partial charge in [-0.05, 0) is 37.5 Å². The summed E-state index contributed by atoms with van der Waals surface area (Å²) >= 11 is 5.87. The third-order valence-corrected chi connectivity index (χ3v) is 6.70. The highest BCUT2D eigenvalue weighted by Crippen LogP contribution is 2.35. The van der Waals surface area contributed by atoms with Gasteiger partial charge in [-0.15, -0.1) is 0 Å². The maximum absolute atomic E-state index is 14.6. The van der Waals surface area contributed by atoms with Crippen LogP contribution in [-0.4, -0.2) is 58.4 Å². The second-order valence-electron chi connectivity index (χ2n) is 8.80. The number of nitrogens with zero attached hydrogens (tertiary/aromatic N) is 4. The molecule has 9 nitrogen and oxygen atoms in total. The fraction of sp³-hybridized carbons (Fsp3) is 0.455. The summed E-state index contributed by atoms with van der Waals surface area (Å²) in [7, 11) is 0. The summed E-state index contributed by atoms with van der Waals surface area (Å²) in [6.45, 7) is 0.621. The van der Waals surface area contributed by atoms with Crippen LogP contribution in [0.5, 0.6) is 0 Å². The summed E-state index contributed by atoms with van der Waals surface area (Å²) in [6.07, 6.45) is -2.36. The molecule has 0 radical (unpaired) electrons. The molecule has 2 saturated heterocycles. The Morgan fingerprint density at radius 1 is 1.17 bits per heavy atom. The van der Waals surface area contributed by atoms with E-state index in [1.807, 2.05) is 0 Å². The number of aromatic nitrogens is 2. The molecule has 0 aliphatic carbocycles. The molecule has 0 saturated carbocycles. The summed E-state index contributed by atoms with van der Waals surface area (Å²) in [6, 6.07) is 1.44. The van der Waals surface area contributed by atoms with E-state index in [1.165, 1.54) is 11.0 Å². The van der Waals surface area contributed by atoms with Crippen LogP contribution in [0.3, 0.4) is 0 Å². The molecule has 36 heavy (non-hydrogen) atoms. The molecule has 194 valence electrons. The molecule has 3 atom stereocenters. The predicted octanol–water partition coefficient (Wildman–Crippen LogP) is 2.65. The van der Waals surface area contributed by atoms with Crippen molar-refractivity contribution in [2.75, 3.05) is 35.6 Å². The number of rotatable bonds is 5. The minimum atomic E-state index is -4.61. The lowest BCUT2D eigenvalue weighted by molar-refractivity contribution is -0.140. The monoisotopic (exact) mass is 529 g/mol. The Morgan fingerprint density at radius 2 is 1.92 bits per heavy atom. The number of nitrogen functional groups attached to an aromatic ring is 1. The van der Waals surface area contributed by atoms with E-state index in [0.717, 1.165) is 18.5 Å². The van der Waals surface area contributed by atoms with Crippen LogP contribution in [0.4, 0.5) is 34.9 Å². The summed E-state index contributed by atoms with van der Waals surface area (Å²) in [5.41, 5.74) is 10.3. The highest BCUT2D eigenvalue weighted by atomic mass is 35.5. The lowest BCUT2D eigenvalue weighted by Crippen LogP contribution is -2.61. The van der Waals surface area contributed by atoms with E-state index >= 15 is 0 Å². The van der Waals surface area contributed by atoms with Crippen LogP contribution in [0.25, 0.3) is 0 Å². The smallest absolute Gasteiger partial charge is 0.381 e. The van der Waals surface area contributed by atoms with E-state index in [2.05, 4.69) is 15.3 Å². The Kier molecular flexibility index (Phi) is 7.12. The molecule has 0 bridgehead atoms. The standard InChI is InChI=1S/C22H24ClF4N7O2/c23-12-6-11(22(25,26)27)7-13(8-12)32-15-2-1-4-34(21(15)36)16-9-33(5-3-14(16)19(29)35)20-17(24)18(28)30-10-31-20/h6-8,10,14-16,32H,1-5,9H2,(H2,29,35)(H2,28,30,31)/t14-,15+,16?/m0/s1. The molecular formula is C22H24ClF4N7O2. The Balaban J connectivity index is 1.57. The van der Waals surface area contributed by atoms with E-state index in [0.29, 0.717) is 19.4 Å². The van der Waals surface area contributed by atoms with Crippen molar-refractivity contribution in [3.8, 4) is 0 Å². The van der Waals surface area contributed by atoms with Gasteiger partial charge in [0.25, 0.3) is 0 Å². The molecular weight excluding hydrogens is 506 g/mol.